The van der Waals surface area contributed by atoms with Gasteiger partial charge >= 0.3 is 12.1 Å². The largest absolute Gasteiger partial charge is 0.490 e. The summed E-state index contributed by atoms with van der Waals surface area (Å²) in [6.07, 6.45) is 2.06. The number of amides is 1. The Morgan fingerprint density at radius 1 is 1.03 bits per heavy atom. The number of hydrogen-bond acceptors (Lipinski definition) is 6. The highest BCUT2D eigenvalue weighted by Crippen LogP contribution is 2.40. The van der Waals surface area contributed by atoms with Crippen molar-refractivity contribution in [3.05, 3.63) is 47.8 Å². The summed E-state index contributed by atoms with van der Waals surface area (Å²) in [6, 6.07) is 3.71. The summed E-state index contributed by atoms with van der Waals surface area (Å²) in [5.41, 5.74) is 1.60. The Bertz CT molecular complexity index is 985. The number of likely N-dealkylation sites (tertiary alicyclic amines) is 1. The summed E-state index contributed by atoms with van der Waals surface area (Å²) in [5.74, 6) is -2.57. The number of halogens is 4. The van der Waals surface area contributed by atoms with Crippen LogP contribution in [0.4, 0.5) is 23.5 Å². The number of carbonyl (C=O) groups is 2. The molecule has 0 saturated carbocycles. The number of carboxylic acids is 1. The number of nitrogens with zero attached hydrogens (tertiary/aromatic N) is 5. The third-order valence-electron chi connectivity index (χ3n) is 5.68. The van der Waals surface area contributed by atoms with Crippen LogP contribution in [-0.4, -0.2) is 69.2 Å². The quantitative estimate of drug-likeness (QED) is 0.675. The van der Waals surface area contributed by atoms with Crippen molar-refractivity contribution < 1.29 is 32.3 Å². The van der Waals surface area contributed by atoms with Crippen molar-refractivity contribution in [1.82, 2.24) is 19.9 Å². The topological polar surface area (TPSA) is 99.5 Å². The van der Waals surface area contributed by atoms with Gasteiger partial charge in [0.25, 0.3) is 5.91 Å². The molecule has 2 aromatic heterocycles. The van der Waals surface area contributed by atoms with Crippen LogP contribution in [0, 0.1) is 18.2 Å². The third kappa shape index (κ3) is 6.14. The van der Waals surface area contributed by atoms with E-state index in [1.165, 1.54) is 12.4 Å². The Hall–Kier alpha value is -3.31. The van der Waals surface area contributed by atoms with Gasteiger partial charge in [-0.2, -0.15) is 13.2 Å². The maximum Gasteiger partial charge on any atom is 0.490 e. The van der Waals surface area contributed by atoms with E-state index in [1.807, 2.05) is 24.0 Å². The van der Waals surface area contributed by atoms with Gasteiger partial charge < -0.3 is 14.9 Å². The molecule has 0 aromatic carbocycles. The van der Waals surface area contributed by atoms with Gasteiger partial charge in [0, 0.05) is 43.5 Å². The average molecular weight is 469 g/mol. The summed E-state index contributed by atoms with van der Waals surface area (Å²) in [6.45, 7) is 5.06. The molecule has 2 aliphatic rings. The Balaban J connectivity index is 0.000000383. The number of aromatic nitrogens is 3. The number of anilines is 1. The van der Waals surface area contributed by atoms with Gasteiger partial charge in [0.1, 0.15) is 0 Å². The summed E-state index contributed by atoms with van der Waals surface area (Å²) in [7, 11) is 0. The molecule has 4 heterocycles. The van der Waals surface area contributed by atoms with Crippen molar-refractivity contribution in [2.24, 2.45) is 5.41 Å². The first-order valence-corrected chi connectivity index (χ1v) is 10.2. The molecule has 2 fully saturated rings. The van der Waals surface area contributed by atoms with Gasteiger partial charge in [0.2, 0.25) is 5.95 Å². The Labute approximate surface area is 187 Å². The zero-order chi connectivity index (χ0) is 24.2. The average Bonchev–Trinajstić information content (AvgIpc) is 3.17. The van der Waals surface area contributed by atoms with Crippen molar-refractivity contribution in [3.8, 4) is 0 Å². The van der Waals surface area contributed by atoms with Crippen LogP contribution in [0.1, 0.15) is 35.3 Å². The van der Waals surface area contributed by atoms with Gasteiger partial charge in [-0.1, -0.05) is 0 Å². The highest BCUT2D eigenvalue weighted by molar-refractivity contribution is 5.94. The molecule has 4 rings (SSSR count). The van der Waals surface area contributed by atoms with Crippen molar-refractivity contribution >= 4 is 17.8 Å². The normalized spacial score (nSPS) is 20.4. The molecule has 178 valence electrons. The molecule has 1 spiro atoms. The predicted octanol–water partition coefficient (Wildman–Crippen LogP) is 3.09. The molecule has 8 nitrogen and oxygen atoms in total. The summed E-state index contributed by atoms with van der Waals surface area (Å²) >= 11 is 0. The predicted molar refractivity (Wildman–Crippen MR) is 109 cm³/mol. The second-order valence-corrected chi connectivity index (χ2v) is 8.19. The first kappa shape index (κ1) is 24.3. The minimum Gasteiger partial charge on any atom is -0.475 e. The van der Waals surface area contributed by atoms with Crippen LogP contribution in [0.25, 0.3) is 0 Å². The number of rotatable bonds is 2. The lowest BCUT2D eigenvalue weighted by Gasteiger charge is -2.40. The molecule has 0 bridgehead atoms. The van der Waals surface area contributed by atoms with Gasteiger partial charge in [-0.25, -0.2) is 19.2 Å². The molecule has 1 unspecified atom stereocenters. The second kappa shape index (κ2) is 9.67. The fourth-order valence-corrected chi connectivity index (χ4v) is 4.07. The summed E-state index contributed by atoms with van der Waals surface area (Å²) < 4.78 is 44.8. The van der Waals surface area contributed by atoms with E-state index in [1.54, 1.807) is 6.20 Å². The van der Waals surface area contributed by atoms with E-state index in [2.05, 4.69) is 19.9 Å². The molecule has 1 atom stereocenters. The van der Waals surface area contributed by atoms with E-state index in [4.69, 9.17) is 9.90 Å². The zero-order valence-corrected chi connectivity index (χ0v) is 17.8. The summed E-state index contributed by atoms with van der Waals surface area (Å²) in [5, 5.41) is 7.12. The highest BCUT2D eigenvalue weighted by Gasteiger charge is 2.43. The number of carboxylic acid groups (broad SMARTS) is 1. The van der Waals surface area contributed by atoms with Gasteiger partial charge in [0.15, 0.2) is 5.82 Å². The van der Waals surface area contributed by atoms with E-state index < -0.39 is 18.0 Å². The van der Waals surface area contributed by atoms with E-state index in [0.29, 0.717) is 11.5 Å². The fourth-order valence-electron chi connectivity index (χ4n) is 4.07. The van der Waals surface area contributed by atoms with Crippen LogP contribution in [0.5, 0.6) is 0 Å². The first-order valence-electron chi connectivity index (χ1n) is 10.2. The van der Waals surface area contributed by atoms with Crippen LogP contribution in [0.3, 0.4) is 0 Å². The monoisotopic (exact) mass is 469 g/mol. The zero-order valence-electron chi connectivity index (χ0n) is 17.8. The molecule has 1 amide bonds. The number of pyridine rings is 1. The molecule has 1 N–H and O–H groups in total. The van der Waals surface area contributed by atoms with Crippen LogP contribution < -0.4 is 4.90 Å². The standard InChI is InChI=1S/C19H22FN5O.C2HF3O2/c1-14-3-4-15(9-21-14)17(26)24-8-6-19(12-24)5-2-7-25(13-19)18-22-10-16(20)11-23-18;3-2(4,5)1(6)7/h3-4,9-11H,2,5-8,12-13H2,1H3;(H,6,7). The van der Waals surface area contributed by atoms with Crippen molar-refractivity contribution in [2.75, 3.05) is 31.1 Å². The molecule has 12 heteroatoms. The van der Waals surface area contributed by atoms with E-state index in [9.17, 15) is 22.4 Å². The molecule has 33 heavy (non-hydrogen) atoms. The number of piperidine rings is 1. The van der Waals surface area contributed by atoms with Gasteiger partial charge in [0.05, 0.1) is 18.0 Å². The third-order valence-corrected chi connectivity index (χ3v) is 5.68. The molecule has 0 radical (unpaired) electrons. The highest BCUT2D eigenvalue weighted by atomic mass is 19.4. The van der Waals surface area contributed by atoms with Crippen LogP contribution in [-0.2, 0) is 4.79 Å². The Morgan fingerprint density at radius 2 is 1.70 bits per heavy atom. The minimum absolute atomic E-state index is 0.0459. The molecular weight excluding hydrogens is 446 g/mol. The lowest BCUT2D eigenvalue weighted by atomic mass is 9.79. The van der Waals surface area contributed by atoms with Crippen molar-refractivity contribution in [1.29, 1.82) is 0 Å². The van der Waals surface area contributed by atoms with Crippen LogP contribution >= 0.6 is 0 Å². The van der Waals surface area contributed by atoms with Gasteiger partial charge in [-0.05, 0) is 38.3 Å². The van der Waals surface area contributed by atoms with Gasteiger partial charge in [-0.15, -0.1) is 0 Å². The summed E-state index contributed by atoms with van der Waals surface area (Å²) in [4.78, 5) is 38.2. The first-order chi connectivity index (χ1) is 15.5. The maximum atomic E-state index is 13.1. The molecular formula is C21H23F4N5O3. The van der Waals surface area contributed by atoms with Crippen molar-refractivity contribution in [3.63, 3.8) is 0 Å². The minimum atomic E-state index is -5.08. The molecule has 0 aliphatic carbocycles. The Kier molecular flexibility index (Phi) is 7.13. The number of alkyl halides is 3. The Morgan fingerprint density at radius 3 is 2.27 bits per heavy atom. The van der Waals surface area contributed by atoms with Gasteiger partial charge in [-0.3, -0.25) is 9.78 Å². The maximum absolute atomic E-state index is 13.1. The second-order valence-electron chi connectivity index (χ2n) is 8.19. The smallest absolute Gasteiger partial charge is 0.475 e. The molecule has 2 aliphatic heterocycles. The number of aryl methyl sites for hydroxylation is 1. The van der Waals surface area contributed by atoms with Crippen molar-refractivity contribution in [2.45, 2.75) is 32.4 Å². The van der Waals surface area contributed by atoms with Crippen LogP contribution in [0.2, 0.25) is 0 Å². The number of hydrogen-bond donors (Lipinski definition) is 1. The number of carbonyl (C=O) groups excluding carboxylic acids is 1. The van der Waals surface area contributed by atoms with E-state index in [0.717, 1.165) is 51.1 Å². The van der Waals surface area contributed by atoms with Crippen LogP contribution in [0.15, 0.2) is 30.7 Å². The lowest BCUT2D eigenvalue weighted by molar-refractivity contribution is -0.192. The van der Waals surface area contributed by atoms with E-state index in [-0.39, 0.29) is 11.3 Å². The molecule has 2 saturated heterocycles. The fraction of sp³-hybridized carbons (Fsp3) is 0.476. The molecule has 2 aromatic rings. The lowest BCUT2D eigenvalue weighted by Crippen LogP contribution is -2.46. The number of aliphatic carboxylic acids is 1. The SMILES string of the molecule is Cc1ccc(C(=O)N2CCC3(CCCN(c4ncc(F)cn4)C3)C2)cn1.O=C(O)C(F)(F)F. The van der Waals surface area contributed by atoms with E-state index >= 15 is 0 Å².